The smallest absolute Gasteiger partial charge is 0.338 e. The lowest BCUT2D eigenvalue weighted by molar-refractivity contribution is -0.122. The predicted molar refractivity (Wildman–Crippen MR) is 97.7 cm³/mol. The summed E-state index contributed by atoms with van der Waals surface area (Å²) in [5.41, 5.74) is 0.668. The third-order valence-electron chi connectivity index (χ3n) is 4.28. The Morgan fingerprint density at radius 2 is 1.74 bits per heavy atom. The molecule has 0 saturated carbocycles. The molecule has 8 heteroatoms. The van der Waals surface area contributed by atoms with Gasteiger partial charge in [-0.2, -0.15) is 0 Å². The van der Waals surface area contributed by atoms with Crippen molar-refractivity contribution >= 4 is 27.4 Å². The Bertz CT molecular complexity index is 928. The van der Waals surface area contributed by atoms with Crippen molar-refractivity contribution in [3.8, 4) is 0 Å². The van der Waals surface area contributed by atoms with E-state index in [0.717, 1.165) is 12.1 Å². The summed E-state index contributed by atoms with van der Waals surface area (Å²) in [5.74, 6) is -1.86. The molecule has 1 aliphatic heterocycles. The minimum absolute atomic E-state index is 0.0175. The number of sulfone groups is 1. The molecular weight excluding hydrogens is 373 g/mol. The number of nitrogens with zero attached hydrogens (tertiary/aromatic N) is 1. The van der Waals surface area contributed by atoms with Crippen LogP contribution in [0, 0.1) is 5.82 Å². The second-order valence-corrected chi connectivity index (χ2v) is 8.47. The fourth-order valence-electron chi connectivity index (χ4n) is 2.99. The van der Waals surface area contributed by atoms with Crippen LogP contribution in [0.4, 0.5) is 10.1 Å². The summed E-state index contributed by atoms with van der Waals surface area (Å²) in [7, 11) is -3.20. The molecule has 0 aromatic heterocycles. The topological polar surface area (TPSA) is 80.8 Å². The van der Waals surface area contributed by atoms with E-state index >= 15 is 0 Å². The summed E-state index contributed by atoms with van der Waals surface area (Å²) < 4.78 is 41.6. The van der Waals surface area contributed by atoms with Crippen molar-refractivity contribution in [2.45, 2.75) is 12.5 Å². The second kappa shape index (κ2) is 7.87. The number of carbonyl (C=O) groups excluding carboxylic acids is 2. The van der Waals surface area contributed by atoms with Crippen molar-refractivity contribution in [2.75, 3.05) is 23.0 Å². The maximum Gasteiger partial charge on any atom is 0.338 e. The van der Waals surface area contributed by atoms with Crippen LogP contribution in [0.25, 0.3) is 0 Å². The molecule has 1 atom stereocenters. The van der Waals surface area contributed by atoms with Crippen molar-refractivity contribution in [3.63, 3.8) is 0 Å². The molecule has 0 unspecified atom stereocenters. The van der Waals surface area contributed by atoms with Crippen molar-refractivity contribution < 1.29 is 27.1 Å². The summed E-state index contributed by atoms with van der Waals surface area (Å²) >= 11 is 0. The molecule has 3 rings (SSSR count). The Morgan fingerprint density at radius 3 is 2.33 bits per heavy atom. The van der Waals surface area contributed by atoms with Crippen LogP contribution in [0.5, 0.6) is 0 Å². The van der Waals surface area contributed by atoms with E-state index in [4.69, 9.17) is 4.74 Å². The van der Waals surface area contributed by atoms with Crippen LogP contribution in [-0.2, 0) is 19.4 Å². The lowest BCUT2D eigenvalue weighted by atomic mass is 10.2. The Balaban J connectivity index is 1.73. The van der Waals surface area contributed by atoms with E-state index in [1.165, 1.54) is 17.0 Å². The number of para-hydroxylation sites is 1. The average Bonchev–Trinajstić information content (AvgIpc) is 3.00. The SMILES string of the molecule is O=C(OCC(=O)N(c1ccccc1)[C@@H]1CCS(=O)(=O)C1)c1ccc(F)cc1. The van der Waals surface area contributed by atoms with Gasteiger partial charge in [0.25, 0.3) is 5.91 Å². The largest absolute Gasteiger partial charge is 0.452 e. The number of hydrogen-bond donors (Lipinski definition) is 0. The van der Waals surface area contributed by atoms with Gasteiger partial charge in [0, 0.05) is 5.69 Å². The quantitative estimate of drug-likeness (QED) is 0.730. The molecule has 0 aliphatic carbocycles. The summed E-state index contributed by atoms with van der Waals surface area (Å²) in [4.78, 5) is 26.1. The first-order valence-electron chi connectivity index (χ1n) is 8.36. The first-order valence-corrected chi connectivity index (χ1v) is 10.2. The molecule has 1 heterocycles. The monoisotopic (exact) mass is 391 g/mol. The Hall–Kier alpha value is -2.74. The zero-order chi connectivity index (χ0) is 19.4. The molecule has 2 aromatic carbocycles. The van der Waals surface area contributed by atoms with Gasteiger partial charge >= 0.3 is 5.97 Å². The molecule has 1 saturated heterocycles. The summed E-state index contributed by atoms with van der Waals surface area (Å²) in [6.07, 6.45) is 0.328. The highest BCUT2D eigenvalue weighted by Gasteiger charge is 2.35. The molecule has 0 N–H and O–H groups in total. The fraction of sp³-hybridized carbons (Fsp3) is 0.263. The Morgan fingerprint density at radius 1 is 1.07 bits per heavy atom. The average molecular weight is 391 g/mol. The summed E-state index contributed by atoms with van der Waals surface area (Å²) in [5, 5.41) is 0. The standard InChI is InChI=1S/C19H18FNO5S/c20-15-8-6-14(7-9-15)19(23)26-12-18(22)21(16-4-2-1-3-5-16)17-10-11-27(24,25)13-17/h1-9,17H,10-13H2/t17-/m1/s1. The molecular formula is C19H18FNO5S. The lowest BCUT2D eigenvalue weighted by Crippen LogP contribution is -2.43. The highest BCUT2D eigenvalue weighted by molar-refractivity contribution is 7.91. The number of halogens is 1. The number of ether oxygens (including phenoxy) is 1. The second-order valence-electron chi connectivity index (χ2n) is 6.24. The van der Waals surface area contributed by atoms with Crippen molar-refractivity contribution in [1.29, 1.82) is 0 Å². The first-order chi connectivity index (χ1) is 12.9. The van der Waals surface area contributed by atoms with E-state index < -0.39 is 40.2 Å². The molecule has 6 nitrogen and oxygen atoms in total. The van der Waals surface area contributed by atoms with Crippen LogP contribution in [0.1, 0.15) is 16.8 Å². The van der Waals surface area contributed by atoms with Gasteiger partial charge in [-0.15, -0.1) is 0 Å². The van der Waals surface area contributed by atoms with Crippen LogP contribution >= 0.6 is 0 Å². The molecule has 1 amide bonds. The van der Waals surface area contributed by atoms with E-state index in [9.17, 15) is 22.4 Å². The van der Waals surface area contributed by atoms with Crippen molar-refractivity contribution in [3.05, 3.63) is 66.0 Å². The molecule has 1 fully saturated rings. The van der Waals surface area contributed by atoms with E-state index in [-0.39, 0.29) is 17.1 Å². The van der Waals surface area contributed by atoms with Gasteiger partial charge in [-0.25, -0.2) is 17.6 Å². The maximum absolute atomic E-state index is 12.9. The van der Waals surface area contributed by atoms with Gasteiger partial charge in [0.1, 0.15) is 5.82 Å². The predicted octanol–water partition coefficient (Wildman–Crippen LogP) is 2.20. The van der Waals surface area contributed by atoms with Gasteiger partial charge in [-0.05, 0) is 42.8 Å². The number of amides is 1. The molecule has 2 aromatic rings. The third kappa shape index (κ3) is 4.71. The highest BCUT2D eigenvalue weighted by atomic mass is 32.2. The van der Waals surface area contributed by atoms with Crippen LogP contribution in [-0.4, -0.2) is 44.4 Å². The van der Waals surface area contributed by atoms with E-state index in [1.54, 1.807) is 30.3 Å². The zero-order valence-corrected chi connectivity index (χ0v) is 15.2. The lowest BCUT2D eigenvalue weighted by Gasteiger charge is -2.28. The van der Waals surface area contributed by atoms with Gasteiger partial charge in [0.05, 0.1) is 23.1 Å². The van der Waals surface area contributed by atoms with Gasteiger partial charge in [0.2, 0.25) is 0 Å². The summed E-state index contributed by atoms with van der Waals surface area (Å²) in [6, 6.07) is 12.9. The van der Waals surface area contributed by atoms with E-state index in [0.29, 0.717) is 12.1 Å². The van der Waals surface area contributed by atoms with Crippen molar-refractivity contribution in [1.82, 2.24) is 0 Å². The minimum atomic E-state index is -3.20. The third-order valence-corrected chi connectivity index (χ3v) is 6.03. The van der Waals surface area contributed by atoms with E-state index in [1.807, 2.05) is 0 Å². The van der Waals surface area contributed by atoms with Crippen LogP contribution in [0.15, 0.2) is 54.6 Å². The molecule has 0 bridgehead atoms. The normalized spacial score (nSPS) is 18.0. The fourth-order valence-corrected chi connectivity index (χ4v) is 4.69. The van der Waals surface area contributed by atoms with Gasteiger partial charge in [-0.3, -0.25) is 4.79 Å². The summed E-state index contributed by atoms with van der Waals surface area (Å²) in [6.45, 7) is -0.540. The van der Waals surface area contributed by atoms with Crippen LogP contribution < -0.4 is 4.90 Å². The Labute approximate surface area is 156 Å². The number of hydrogen-bond acceptors (Lipinski definition) is 5. The maximum atomic E-state index is 12.9. The van der Waals surface area contributed by atoms with Gasteiger partial charge in [0.15, 0.2) is 16.4 Å². The molecule has 27 heavy (non-hydrogen) atoms. The number of rotatable bonds is 5. The molecule has 1 aliphatic rings. The minimum Gasteiger partial charge on any atom is -0.452 e. The van der Waals surface area contributed by atoms with Gasteiger partial charge in [-0.1, -0.05) is 18.2 Å². The Kier molecular flexibility index (Phi) is 5.55. The van der Waals surface area contributed by atoms with E-state index in [2.05, 4.69) is 0 Å². The first kappa shape index (κ1) is 19.0. The number of carbonyl (C=O) groups is 2. The number of esters is 1. The molecule has 0 radical (unpaired) electrons. The van der Waals surface area contributed by atoms with Crippen LogP contribution in [0.3, 0.4) is 0 Å². The number of anilines is 1. The zero-order valence-electron chi connectivity index (χ0n) is 14.4. The highest BCUT2D eigenvalue weighted by Crippen LogP contribution is 2.24. The molecule has 0 spiro atoms. The van der Waals surface area contributed by atoms with Crippen molar-refractivity contribution in [2.24, 2.45) is 0 Å². The number of benzene rings is 2. The van der Waals surface area contributed by atoms with Gasteiger partial charge < -0.3 is 9.64 Å². The van der Waals surface area contributed by atoms with Crippen LogP contribution in [0.2, 0.25) is 0 Å². The molecule has 142 valence electrons.